The molecule has 2 aromatic heterocycles. The van der Waals surface area contributed by atoms with Crippen LogP contribution in [0.2, 0.25) is 0 Å². The Morgan fingerprint density at radius 2 is 2.03 bits per heavy atom. The molecule has 1 aliphatic rings. The fraction of sp³-hybridized carbons (Fsp3) is 0.727. The number of aliphatic hydroxyl groups excluding tert-OH is 2. The Morgan fingerprint density at radius 3 is 2.64 bits per heavy atom. The molecular weight excluding hydrogens is 555 g/mol. The van der Waals surface area contributed by atoms with Crippen LogP contribution in [0.15, 0.2) is 11.1 Å². The third-order valence-electron chi connectivity index (χ3n) is 5.86. The fourth-order valence-corrected chi connectivity index (χ4v) is 6.36. The molecule has 1 fully saturated rings. The minimum Gasteiger partial charge on any atom is -0.395 e. The van der Waals surface area contributed by atoms with Gasteiger partial charge in [0.2, 0.25) is 5.95 Å². The summed E-state index contributed by atoms with van der Waals surface area (Å²) >= 11 is 0.938. The number of rotatable bonds is 11. The van der Waals surface area contributed by atoms with Crippen molar-refractivity contribution in [3.8, 4) is 0 Å². The van der Waals surface area contributed by atoms with Gasteiger partial charge in [0.1, 0.15) is 17.8 Å². The van der Waals surface area contributed by atoms with E-state index in [0.29, 0.717) is 0 Å². The van der Waals surface area contributed by atoms with Crippen LogP contribution in [0.1, 0.15) is 47.8 Å². The van der Waals surface area contributed by atoms with E-state index in [1.165, 1.54) is 17.8 Å². The Hall–Kier alpha value is -1.88. The number of nitrogens with one attached hydrogen (secondary N) is 2. The van der Waals surface area contributed by atoms with Gasteiger partial charge in [-0.25, -0.2) is 14.6 Å². The highest BCUT2D eigenvalue weighted by Gasteiger charge is 2.54. The normalized spacial score (nSPS) is 25.7. The predicted octanol–water partition coefficient (Wildman–Crippen LogP) is 0.519. The summed E-state index contributed by atoms with van der Waals surface area (Å²) in [4.78, 5) is 34.8. The van der Waals surface area contributed by atoms with E-state index in [2.05, 4.69) is 20.0 Å². The summed E-state index contributed by atoms with van der Waals surface area (Å²) in [7, 11) is -3.99. The first kappa shape index (κ1) is 31.6. The van der Waals surface area contributed by atoms with Crippen molar-refractivity contribution in [3.63, 3.8) is 0 Å². The van der Waals surface area contributed by atoms with Crippen LogP contribution < -0.4 is 16.4 Å². The van der Waals surface area contributed by atoms with Gasteiger partial charge in [-0.2, -0.15) is 4.98 Å². The van der Waals surface area contributed by atoms with Crippen LogP contribution in [0, 0.1) is 5.41 Å². The molecule has 0 aliphatic carbocycles. The highest BCUT2D eigenvalue weighted by Crippen LogP contribution is 2.48. The van der Waals surface area contributed by atoms with Crippen molar-refractivity contribution in [1.29, 1.82) is 0 Å². The average Bonchev–Trinajstić information content (AvgIpc) is 3.32. The van der Waals surface area contributed by atoms with Crippen LogP contribution in [-0.2, 0) is 23.1 Å². The molecule has 0 bridgehead atoms. The van der Waals surface area contributed by atoms with E-state index in [-0.39, 0.29) is 41.2 Å². The van der Waals surface area contributed by atoms with Gasteiger partial charge < -0.3 is 25.8 Å². The third kappa shape index (κ3) is 7.26. The molecule has 39 heavy (non-hydrogen) atoms. The number of carbonyl (C=O) groups is 1. The van der Waals surface area contributed by atoms with E-state index >= 15 is 0 Å². The molecule has 7 N–H and O–H groups in total. The molecule has 15 nitrogen and oxygen atoms in total. The number of nitrogen functional groups attached to an aromatic ring is 1. The maximum atomic E-state index is 13.5. The summed E-state index contributed by atoms with van der Waals surface area (Å²) in [5.74, 6) is -0.0116. The van der Waals surface area contributed by atoms with Gasteiger partial charge in [-0.3, -0.25) is 28.2 Å². The highest BCUT2D eigenvalue weighted by molar-refractivity contribution is 8.13. The molecule has 0 radical (unpaired) electrons. The summed E-state index contributed by atoms with van der Waals surface area (Å²) in [6.07, 6.45) is -2.68. The first-order valence-corrected chi connectivity index (χ1v) is 14.7. The number of ether oxygens (including phenoxy) is 1. The van der Waals surface area contributed by atoms with Crippen LogP contribution in [0.25, 0.3) is 11.2 Å². The Bertz CT molecular complexity index is 1290. The number of hydrogen-bond donors (Lipinski definition) is 6. The number of fused-ring (bicyclic) bond motifs is 1. The number of hydrogen-bond acceptors (Lipinski definition) is 13. The lowest BCUT2D eigenvalue weighted by Gasteiger charge is -2.29. The summed E-state index contributed by atoms with van der Waals surface area (Å²) in [5.41, 5.74) is 1.55. The molecule has 1 aliphatic heterocycles. The minimum atomic E-state index is -3.99. The Balaban J connectivity index is 1.72. The Kier molecular flexibility index (Phi) is 9.37. The molecule has 220 valence electrons. The van der Waals surface area contributed by atoms with Gasteiger partial charge >= 0.3 is 7.75 Å². The maximum absolute atomic E-state index is 13.5. The first-order chi connectivity index (χ1) is 17.9. The van der Waals surface area contributed by atoms with E-state index in [1.807, 2.05) is 0 Å². The lowest BCUT2D eigenvalue weighted by Crippen LogP contribution is -2.44. The molecule has 0 amide bonds. The largest absolute Gasteiger partial charge is 0.406 e. The van der Waals surface area contributed by atoms with Crippen LogP contribution >= 0.6 is 19.5 Å². The second kappa shape index (κ2) is 11.5. The number of thioether (sulfide) groups is 1. The monoisotopic (exact) mass is 592 g/mol. The van der Waals surface area contributed by atoms with Gasteiger partial charge in [-0.1, -0.05) is 11.8 Å². The van der Waals surface area contributed by atoms with Crippen molar-refractivity contribution in [2.75, 3.05) is 31.3 Å². The predicted molar refractivity (Wildman–Crippen MR) is 144 cm³/mol. The van der Waals surface area contributed by atoms with Gasteiger partial charge in [-0.05, 0) is 41.5 Å². The zero-order chi connectivity index (χ0) is 29.4. The van der Waals surface area contributed by atoms with Crippen LogP contribution in [0.4, 0.5) is 5.95 Å². The van der Waals surface area contributed by atoms with Crippen LogP contribution in [0.3, 0.4) is 0 Å². The topological polar surface area (TPSA) is 224 Å². The molecule has 0 saturated carbocycles. The smallest absolute Gasteiger partial charge is 0.395 e. The summed E-state index contributed by atoms with van der Waals surface area (Å²) in [6, 6.07) is 0. The molecule has 5 unspecified atom stereocenters. The van der Waals surface area contributed by atoms with Crippen molar-refractivity contribution in [3.05, 3.63) is 16.7 Å². The van der Waals surface area contributed by atoms with Gasteiger partial charge in [0.15, 0.2) is 22.5 Å². The minimum absolute atomic E-state index is 0.0371. The summed E-state index contributed by atoms with van der Waals surface area (Å²) in [6.45, 7) is 8.94. The molecule has 5 atom stereocenters. The summed E-state index contributed by atoms with van der Waals surface area (Å²) in [5, 5.41) is 33.9. The Morgan fingerprint density at radius 1 is 1.36 bits per heavy atom. The summed E-state index contributed by atoms with van der Waals surface area (Å²) < 4.78 is 31.9. The number of aliphatic hydroxyl groups is 3. The van der Waals surface area contributed by atoms with Crippen molar-refractivity contribution in [1.82, 2.24) is 24.6 Å². The molecular formula is C22H37N6O9PS. The van der Waals surface area contributed by atoms with Crippen molar-refractivity contribution < 1.29 is 38.5 Å². The number of anilines is 1. The zero-order valence-corrected chi connectivity index (χ0v) is 24.4. The van der Waals surface area contributed by atoms with E-state index < -0.39 is 54.9 Å². The molecule has 0 aromatic carbocycles. The number of carbonyl (C=O) groups excluding carboxylic acids is 1. The Labute approximate surface area is 229 Å². The average molecular weight is 593 g/mol. The van der Waals surface area contributed by atoms with Gasteiger partial charge in [0.25, 0.3) is 5.56 Å². The third-order valence-corrected chi connectivity index (χ3v) is 9.01. The SMILES string of the molecule is CC(C)(C)NP(=O)(OCCSC(=O)C(C)(C)CO)OCC1OC(n2cnc3c(=O)[nH]c(N)nc32)C(C)(O)C1O. The van der Waals surface area contributed by atoms with E-state index in [0.717, 1.165) is 11.8 Å². The van der Waals surface area contributed by atoms with Crippen molar-refractivity contribution >= 4 is 41.7 Å². The molecule has 3 heterocycles. The van der Waals surface area contributed by atoms with E-state index in [9.17, 15) is 29.5 Å². The molecule has 1 saturated heterocycles. The fourth-order valence-electron chi connectivity index (χ4n) is 3.73. The van der Waals surface area contributed by atoms with E-state index in [4.69, 9.17) is 19.5 Å². The van der Waals surface area contributed by atoms with Gasteiger partial charge in [0.05, 0.1) is 31.6 Å². The zero-order valence-electron chi connectivity index (χ0n) is 22.7. The molecule has 2 aromatic rings. The molecule has 0 spiro atoms. The number of aromatic nitrogens is 4. The number of nitrogens with zero attached hydrogens (tertiary/aromatic N) is 3. The lowest BCUT2D eigenvalue weighted by atomic mass is 9.96. The number of H-pyrrole nitrogens is 1. The molecule has 3 rings (SSSR count). The first-order valence-electron chi connectivity index (χ1n) is 12.1. The van der Waals surface area contributed by atoms with Gasteiger partial charge in [0, 0.05) is 11.3 Å². The van der Waals surface area contributed by atoms with Crippen LogP contribution in [-0.4, -0.2) is 88.9 Å². The second-order valence-electron chi connectivity index (χ2n) is 11.1. The second-order valence-corrected chi connectivity index (χ2v) is 13.9. The number of imidazole rings is 1. The molecule has 17 heteroatoms. The number of nitrogens with two attached hydrogens (primary N) is 1. The van der Waals surface area contributed by atoms with Gasteiger partial charge in [-0.15, -0.1) is 0 Å². The number of aromatic amines is 1. The quantitative estimate of drug-likeness (QED) is 0.155. The van der Waals surface area contributed by atoms with Crippen LogP contribution in [0.5, 0.6) is 0 Å². The van der Waals surface area contributed by atoms with Crippen molar-refractivity contribution in [2.45, 2.75) is 71.1 Å². The van der Waals surface area contributed by atoms with E-state index in [1.54, 1.807) is 34.6 Å². The lowest BCUT2D eigenvalue weighted by molar-refractivity contribution is -0.119. The highest BCUT2D eigenvalue weighted by atomic mass is 32.2. The standard InChI is InChI=1S/C22H37N6O9PS/c1-20(2,3)27-38(34,35-7-8-39-18(32)21(4,5)10-29)36-9-12-14(30)22(6,33)17(37-12)28-11-24-13-15(28)25-19(23)26-16(13)31/h11-12,14,17,29-30,33H,7-10H2,1-6H3,(H,27,34)(H3,23,25,26,31). The van der Waals surface area contributed by atoms with Crippen molar-refractivity contribution in [2.24, 2.45) is 5.41 Å². The maximum Gasteiger partial charge on any atom is 0.406 e.